The molecule has 1 heterocycles. The van der Waals surface area contributed by atoms with Crippen molar-refractivity contribution in [1.29, 1.82) is 0 Å². The predicted molar refractivity (Wildman–Crippen MR) is 76.7 cm³/mol. The molecule has 0 aliphatic carbocycles. The maximum Gasteiger partial charge on any atom is 0.236 e. The third kappa shape index (κ3) is 6.38. The van der Waals surface area contributed by atoms with Gasteiger partial charge in [-0.15, -0.1) is 0 Å². The lowest BCUT2D eigenvalue weighted by Gasteiger charge is -2.26. The first kappa shape index (κ1) is 16.4. The molecule has 1 aliphatic rings. The molecule has 0 aromatic rings. The number of rotatable bonds is 6. The van der Waals surface area contributed by atoms with Gasteiger partial charge in [-0.05, 0) is 32.1 Å². The maximum atomic E-state index is 11.8. The Labute approximate surface area is 116 Å². The number of hydrogen-bond donors (Lipinski definition) is 2. The quantitative estimate of drug-likeness (QED) is 0.755. The van der Waals surface area contributed by atoms with E-state index in [2.05, 4.69) is 24.5 Å². The van der Waals surface area contributed by atoms with Crippen LogP contribution in [0.4, 0.5) is 0 Å². The summed E-state index contributed by atoms with van der Waals surface area (Å²) in [7, 11) is -2.93. The van der Waals surface area contributed by atoms with Crippen molar-refractivity contribution >= 4 is 15.7 Å². The lowest BCUT2D eigenvalue weighted by Crippen LogP contribution is -2.50. The number of nitrogens with one attached hydrogen (secondary N) is 2. The lowest BCUT2D eigenvalue weighted by molar-refractivity contribution is -0.122. The Hall–Kier alpha value is -0.620. The van der Waals surface area contributed by atoms with Gasteiger partial charge in [0.2, 0.25) is 5.91 Å². The van der Waals surface area contributed by atoms with Gasteiger partial charge in [0.15, 0.2) is 9.84 Å². The van der Waals surface area contributed by atoms with Gasteiger partial charge in [-0.3, -0.25) is 4.79 Å². The van der Waals surface area contributed by atoms with E-state index in [-0.39, 0.29) is 29.5 Å². The molecule has 0 radical (unpaired) electrons. The van der Waals surface area contributed by atoms with Gasteiger partial charge in [0, 0.05) is 12.6 Å². The first-order valence-corrected chi connectivity index (χ1v) is 8.86. The molecule has 6 heteroatoms. The first-order valence-electron chi connectivity index (χ1n) is 7.04. The van der Waals surface area contributed by atoms with Crippen LogP contribution in [-0.4, -0.2) is 44.5 Å². The van der Waals surface area contributed by atoms with Gasteiger partial charge in [-0.2, -0.15) is 0 Å². The molecule has 2 unspecified atom stereocenters. The van der Waals surface area contributed by atoms with Crippen LogP contribution in [0, 0.1) is 5.92 Å². The monoisotopic (exact) mass is 290 g/mol. The summed E-state index contributed by atoms with van der Waals surface area (Å²) >= 11 is 0. The second kappa shape index (κ2) is 7.24. The molecule has 2 N–H and O–H groups in total. The van der Waals surface area contributed by atoms with E-state index in [0.29, 0.717) is 18.9 Å². The Bertz CT molecular complexity index is 393. The third-order valence-corrected chi connectivity index (χ3v) is 5.18. The largest absolute Gasteiger partial charge is 0.355 e. The van der Waals surface area contributed by atoms with E-state index in [1.54, 1.807) is 6.92 Å². The van der Waals surface area contributed by atoms with Crippen molar-refractivity contribution in [3.8, 4) is 0 Å². The Morgan fingerprint density at radius 3 is 2.58 bits per heavy atom. The highest BCUT2D eigenvalue weighted by atomic mass is 32.2. The summed E-state index contributed by atoms with van der Waals surface area (Å²) in [5.41, 5.74) is 0. The fourth-order valence-corrected chi connectivity index (χ4v) is 3.87. The zero-order valence-electron chi connectivity index (χ0n) is 12.1. The second-order valence-corrected chi connectivity index (χ2v) is 8.04. The zero-order valence-corrected chi connectivity index (χ0v) is 12.9. The summed E-state index contributed by atoms with van der Waals surface area (Å²) in [6.07, 6.45) is 2.46. The number of carbonyl (C=O) groups excluding carboxylic acids is 1. The zero-order chi connectivity index (χ0) is 14.5. The number of sulfone groups is 1. The number of hydrogen-bond acceptors (Lipinski definition) is 4. The van der Waals surface area contributed by atoms with Gasteiger partial charge in [0.1, 0.15) is 0 Å². The van der Waals surface area contributed by atoms with Crippen molar-refractivity contribution < 1.29 is 13.2 Å². The van der Waals surface area contributed by atoms with Gasteiger partial charge < -0.3 is 10.6 Å². The molecule has 1 rings (SSSR count). The minimum absolute atomic E-state index is 0.0522. The Balaban J connectivity index is 2.33. The highest BCUT2D eigenvalue weighted by Gasteiger charge is 2.26. The normalized spacial score (nSPS) is 24.1. The van der Waals surface area contributed by atoms with Crippen molar-refractivity contribution in [2.75, 3.05) is 18.1 Å². The summed E-state index contributed by atoms with van der Waals surface area (Å²) in [5.74, 6) is 0.937. The lowest BCUT2D eigenvalue weighted by atomic mass is 10.1. The van der Waals surface area contributed by atoms with Crippen LogP contribution >= 0.6 is 0 Å². The van der Waals surface area contributed by atoms with Gasteiger partial charge in [-0.1, -0.05) is 13.8 Å². The molecule has 5 nitrogen and oxygen atoms in total. The molecule has 0 aromatic carbocycles. The molecule has 2 atom stereocenters. The molecule has 0 aromatic heterocycles. The van der Waals surface area contributed by atoms with E-state index in [4.69, 9.17) is 0 Å². The van der Waals surface area contributed by atoms with Crippen LogP contribution in [0.15, 0.2) is 0 Å². The standard InChI is InChI=1S/C13H26N2O3S/c1-10(2)6-7-14-13(16)11(3)15-12-5-4-8-19(17,18)9-12/h10-12,15H,4-9H2,1-3H3,(H,14,16). The summed E-state index contributed by atoms with van der Waals surface area (Å²) in [6.45, 7) is 6.68. The van der Waals surface area contributed by atoms with Gasteiger partial charge in [-0.25, -0.2) is 8.42 Å². The molecule has 0 bridgehead atoms. The minimum Gasteiger partial charge on any atom is -0.355 e. The second-order valence-electron chi connectivity index (χ2n) is 5.82. The highest BCUT2D eigenvalue weighted by molar-refractivity contribution is 7.91. The molecule has 1 fully saturated rings. The third-order valence-electron chi connectivity index (χ3n) is 3.36. The molecule has 1 saturated heterocycles. The number of carbonyl (C=O) groups is 1. The van der Waals surface area contributed by atoms with Crippen LogP contribution in [0.5, 0.6) is 0 Å². The van der Waals surface area contributed by atoms with Gasteiger partial charge >= 0.3 is 0 Å². The van der Waals surface area contributed by atoms with E-state index in [1.807, 2.05) is 0 Å². The van der Waals surface area contributed by atoms with Crippen LogP contribution < -0.4 is 10.6 Å². The van der Waals surface area contributed by atoms with Gasteiger partial charge in [0.05, 0.1) is 17.5 Å². The van der Waals surface area contributed by atoms with Crippen LogP contribution in [0.1, 0.15) is 40.0 Å². The molecule has 0 saturated carbocycles. The molecule has 112 valence electrons. The number of amides is 1. The van der Waals surface area contributed by atoms with E-state index in [9.17, 15) is 13.2 Å². The average molecular weight is 290 g/mol. The SMILES string of the molecule is CC(C)CCNC(=O)C(C)NC1CCCS(=O)(=O)C1. The highest BCUT2D eigenvalue weighted by Crippen LogP contribution is 2.12. The van der Waals surface area contributed by atoms with Crippen molar-refractivity contribution in [2.24, 2.45) is 5.92 Å². The van der Waals surface area contributed by atoms with E-state index in [0.717, 1.165) is 12.8 Å². The van der Waals surface area contributed by atoms with Crippen molar-refractivity contribution in [2.45, 2.75) is 52.1 Å². The fraction of sp³-hybridized carbons (Fsp3) is 0.923. The van der Waals surface area contributed by atoms with Crippen LogP contribution in [0.25, 0.3) is 0 Å². The van der Waals surface area contributed by atoms with Crippen LogP contribution in [-0.2, 0) is 14.6 Å². The van der Waals surface area contributed by atoms with Crippen molar-refractivity contribution in [3.05, 3.63) is 0 Å². The molecular weight excluding hydrogens is 264 g/mol. The molecule has 0 spiro atoms. The van der Waals surface area contributed by atoms with Crippen molar-refractivity contribution in [3.63, 3.8) is 0 Å². The van der Waals surface area contributed by atoms with Crippen LogP contribution in [0.3, 0.4) is 0 Å². The topological polar surface area (TPSA) is 75.3 Å². The Morgan fingerprint density at radius 1 is 1.32 bits per heavy atom. The van der Waals surface area contributed by atoms with Crippen LogP contribution in [0.2, 0.25) is 0 Å². The average Bonchev–Trinajstić information content (AvgIpc) is 2.26. The smallest absolute Gasteiger partial charge is 0.236 e. The van der Waals surface area contributed by atoms with Gasteiger partial charge in [0.25, 0.3) is 0 Å². The first-order chi connectivity index (χ1) is 8.80. The molecular formula is C13H26N2O3S. The summed E-state index contributed by atoms with van der Waals surface area (Å²) in [6, 6.07) is -0.435. The summed E-state index contributed by atoms with van der Waals surface area (Å²) in [5, 5.41) is 5.99. The predicted octanol–water partition coefficient (Wildman–Crippen LogP) is 0.704. The van der Waals surface area contributed by atoms with E-state index >= 15 is 0 Å². The summed E-state index contributed by atoms with van der Waals surface area (Å²) in [4.78, 5) is 11.8. The fourth-order valence-electron chi connectivity index (χ4n) is 2.22. The Kier molecular flexibility index (Phi) is 6.26. The van der Waals surface area contributed by atoms with Crippen molar-refractivity contribution in [1.82, 2.24) is 10.6 Å². The minimum atomic E-state index is -2.93. The molecule has 1 amide bonds. The van der Waals surface area contributed by atoms with E-state index in [1.165, 1.54) is 0 Å². The van der Waals surface area contributed by atoms with E-state index < -0.39 is 9.84 Å². The molecule has 19 heavy (non-hydrogen) atoms. The molecule has 1 aliphatic heterocycles. The Morgan fingerprint density at radius 2 is 2.00 bits per heavy atom. The summed E-state index contributed by atoms with van der Waals surface area (Å²) < 4.78 is 23.0. The maximum absolute atomic E-state index is 11.8.